The summed E-state index contributed by atoms with van der Waals surface area (Å²) in [5.41, 5.74) is 23.5. The van der Waals surface area contributed by atoms with Crippen molar-refractivity contribution >= 4 is 11.4 Å². The molecule has 0 atom stereocenters. The summed E-state index contributed by atoms with van der Waals surface area (Å²) >= 11 is 0. The van der Waals surface area contributed by atoms with Gasteiger partial charge in [-0.25, -0.2) is 0 Å². The Morgan fingerprint density at radius 2 is 0.879 bits per heavy atom. The molecule has 0 bridgehead atoms. The molecule has 0 aromatic heterocycles. The molecule has 0 unspecified atom stereocenters. The van der Waals surface area contributed by atoms with Gasteiger partial charge in [0.05, 0.1) is 5.41 Å². The fourth-order valence-corrected chi connectivity index (χ4v) is 5.47. The predicted octanol–water partition coefficient (Wildman–Crippen LogP) is 5.86. The molecule has 4 heteroatoms. The third kappa shape index (κ3) is 2.83. The zero-order valence-corrected chi connectivity index (χ0v) is 19.3. The molecule has 6 N–H and O–H groups in total. The summed E-state index contributed by atoms with van der Waals surface area (Å²) in [5, 5.41) is 21.1. The molecular formula is C29H28N2O2. The second-order valence-electron chi connectivity index (χ2n) is 9.26. The average Bonchev–Trinajstić information content (AvgIpc) is 3.04. The topological polar surface area (TPSA) is 92.5 Å². The van der Waals surface area contributed by atoms with Crippen molar-refractivity contribution in [2.24, 2.45) is 0 Å². The molecule has 166 valence electrons. The molecule has 0 saturated heterocycles. The summed E-state index contributed by atoms with van der Waals surface area (Å²) in [6, 6.07) is 19.5. The van der Waals surface area contributed by atoms with Crippen molar-refractivity contribution in [1.29, 1.82) is 0 Å². The number of fused-ring (bicyclic) bond motifs is 3. The van der Waals surface area contributed by atoms with Crippen LogP contribution >= 0.6 is 0 Å². The fourth-order valence-electron chi connectivity index (χ4n) is 5.47. The molecule has 0 saturated carbocycles. The summed E-state index contributed by atoms with van der Waals surface area (Å²) < 4.78 is 0. The van der Waals surface area contributed by atoms with Gasteiger partial charge in [0.2, 0.25) is 0 Å². The first-order valence-corrected chi connectivity index (χ1v) is 11.1. The molecule has 4 aromatic carbocycles. The molecule has 1 aliphatic rings. The number of aryl methyl sites for hydroxylation is 4. The lowest BCUT2D eigenvalue weighted by molar-refractivity contribution is 0.473. The van der Waals surface area contributed by atoms with Crippen molar-refractivity contribution in [1.82, 2.24) is 0 Å². The van der Waals surface area contributed by atoms with Gasteiger partial charge < -0.3 is 21.7 Å². The Bertz CT molecular complexity index is 1300. The van der Waals surface area contributed by atoms with Crippen LogP contribution in [0.5, 0.6) is 11.5 Å². The highest BCUT2D eigenvalue weighted by atomic mass is 16.3. The summed E-state index contributed by atoms with van der Waals surface area (Å²) in [4.78, 5) is 0. The zero-order chi connectivity index (χ0) is 23.7. The summed E-state index contributed by atoms with van der Waals surface area (Å²) in [6.45, 7) is 8.06. The molecule has 0 amide bonds. The standard InChI is InChI=1S/C29H28N2O2/c1-15-9-19(10-16(2)27(15)30)29(20-11-17(3)28(31)18(4)12-20)25-13-21(32)5-7-23(25)24-8-6-22(33)14-26(24)29/h5-14,32-33H,30-31H2,1-4H3. The van der Waals surface area contributed by atoms with E-state index in [9.17, 15) is 10.2 Å². The molecule has 0 aliphatic heterocycles. The number of nitrogens with two attached hydrogens (primary N) is 2. The number of phenolic OH excluding ortho intramolecular Hbond substituents is 2. The van der Waals surface area contributed by atoms with Crippen LogP contribution in [0.15, 0.2) is 60.7 Å². The first-order valence-electron chi connectivity index (χ1n) is 11.1. The molecule has 0 fully saturated rings. The van der Waals surface area contributed by atoms with Crippen LogP contribution in [0.4, 0.5) is 11.4 Å². The van der Waals surface area contributed by atoms with Crippen molar-refractivity contribution in [3.05, 3.63) is 105 Å². The minimum Gasteiger partial charge on any atom is -0.508 e. The maximum absolute atomic E-state index is 10.6. The van der Waals surface area contributed by atoms with Gasteiger partial charge in [-0.1, -0.05) is 36.4 Å². The summed E-state index contributed by atoms with van der Waals surface area (Å²) in [5.74, 6) is 0.394. The minimum absolute atomic E-state index is 0.197. The van der Waals surface area contributed by atoms with E-state index in [-0.39, 0.29) is 11.5 Å². The summed E-state index contributed by atoms with van der Waals surface area (Å²) in [6.07, 6.45) is 0. The SMILES string of the molecule is Cc1cc(C2(c3cc(C)c(N)c(C)c3)c3cc(O)ccc3-c3ccc(O)cc32)cc(C)c1N. The van der Waals surface area contributed by atoms with Gasteiger partial charge in [0, 0.05) is 11.4 Å². The molecule has 0 heterocycles. The second kappa shape index (κ2) is 7.04. The van der Waals surface area contributed by atoms with Crippen molar-refractivity contribution in [2.75, 3.05) is 11.5 Å². The van der Waals surface area contributed by atoms with Gasteiger partial charge in [-0.05, 0) is 108 Å². The largest absolute Gasteiger partial charge is 0.508 e. The van der Waals surface area contributed by atoms with E-state index >= 15 is 0 Å². The predicted molar refractivity (Wildman–Crippen MR) is 135 cm³/mol. The molecular weight excluding hydrogens is 408 g/mol. The lowest BCUT2D eigenvalue weighted by Gasteiger charge is -2.35. The molecule has 0 radical (unpaired) electrons. The molecule has 33 heavy (non-hydrogen) atoms. The third-order valence-electron chi connectivity index (χ3n) is 7.16. The quantitative estimate of drug-likeness (QED) is 0.261. The van der Waals surface area contributed by atoms with Gasteiger partial charge in [-0.15, -0.1) is 0 Å². The number of hydrogen-bond donors (Lipinski definition) is 4. The van der Waals surface area contributed by atoms with Crippen LogP contribution in [0.1, 0.15) is 44.5 Å². The van der Waals surface area contributed by atoms with Gasteiger partial charge in [-0.2, -0.15) is 0 Å². The Balaban J connectivity index is 2.03. The van der Waals surface area contributed by atoms with Crippen LogP contribution in [0.2, 0.25) is 0 Å². The van der Waals surface area contributed by atoms with E-state index in [0.29, 0.717) is 0 Å². The highest BCUT2D eigenvalue weighted by molar-refractivity contribution is 5.88. The Labute approximate surface area is 194 Å². The molecule has 4 aromatic rings. The van der Waals surface area contributed by atoms with E-state index in [0.717, 1.165) is 67.0 Å². The molecule has 4 nitrogen and oxygen atoms in total. The first-order chi connectivity index (χ1) is 15.6. The number of nitrogen functional groups attached to an aromatic ring is 2. The molecule has 1 aliphatic carbocycles. The monoisotopic (exact) mass is 436 g/mol. The lowest BCUT2D eigenvalue weighted by atomic mass is 9.66. The number of aromatic hydroxyl groups is 2. The van der Waals surface area contributed by atoms with Gasteiger partial charge >= 0.3 is 0 Å². The van der Waals surface area contributed by atoms with Gasteiger partial charge in [0.1, 0.15) is 11.5 Å². The zero-order valence-electron chi connectivity index (χ0n) is 19.3. The molecule has 0 spiro atoms. The minimum atomic E-state index is -0.755. The van der Waals surface area contributed by atoms with E-state index in [1.165, 1.54) is 0 Å². The highest BCUT2D eigenvalue weighted by Crippen LogP contribution is 2.58. The van der Waals surface area contributed by atoms with Crippen molar-refractivity contribution in [3.63, 3.8) is 0 Å². The van der Waals surface area contributed by atoms with Crippen LogP contribution in [0.3, 0.4) is 0 Å². The number of benzene rings is 4. The van der Waals surface area contributed by atoms with Crippen LogP contribution in [-0.4, -0.2) is 10.2 Å². The van der Waals surface area contributed by atoms with Crippen molar-refractivity contribution in [2.45, 2.75) is 33.1 Å². The second-order valence-corrected chi connectivity index (χ2v) is 9.26. The Morgan fingerprint density at radius 1 is 0.545 bits per heavy atom. The summed E-state index contributed by atoms with van der Waals surface area (Å²) in [7, 11) is 0. The van der Waals surface area contributed by atoms with E-state index < -0.39 is 5.41 Å². The van der Waals surface area contributed by atoms with Gasteiger partial charge in [-0.3, -0.25) is 0 Å². The fraction of sp³-hybridized carbons (Fsp3) is 0.172. The number of anilines is 2. The van der Waals surface area contributed by atoms with Gasteiger partial charge in [0.15, 0.2) is 0 Å². The average molecular weight is 437 g/mol. The number of phenols is 2. The Hall–Kier alpha value is -3.92. The maximum atomic E-state index is 10.6. The number of rotatable bonds is 2. The van der Waals surface area contributed by atoms with Crippen molar-refractivity contribution in [3.8, 4) is 22.6 Å². The van der Waals surface area contributed by atoms with Crippen LogP contribution in [0.25, 0.3) is 11.1 Å². The van der Waals surface area contributed by atoms with Crippen LogP contribution in [0, 0.1) is 27.7 Å². The Morgan fingerprint density at radius 3 is 1.21 bits per heavy atom. The van der Waals surface area contributed by atoms with E-state index in [1.807, 2.05) is 52.0 Å². The normalized spacial score (nSPS) is 13.6. The van der Waals surface area contributed by atoms with Crippen LogP contribution < -0.4 is 11.5 Å². The third-order valence-corrected chi connectivity index (χ3v) is 7.16. The molecule has 5 rings (SSSR count). The first kappa shape index (κ1) is 21.0. The number of hydrogen-bond acceptors (Lipinski definition) is 4. The lowest BCUT2D eigenvalue weighted by Crippen LogP contribution is -2.29. The van der Waals surface area contributed by atoms with E-state index in [2.05, 4.69) is 24.3 Å². The Kier molecular flexibility index (Phi) is 4.47. The maximum Gasteiger partial charge on any atom is 0.115 e. The van der Waals surface area contributed by atoms with Gasteiger partial charge in [0.25, 0.3) is 0 Å². The van der Waals surface area contributed by atoms with Crippen LogP contribution in [-0.2, 0) is 5.41 Å². The highest BCUT2D eigenvalue weighted by Gasteiger charge is 2.47. The van der Waals surface area contributed by atoms with Crippen molar-refractivity contribution < 1.29 is 10.2 Å². The van der Waals surface area contributed by atoms with E-state index in [1.54, 1.807) is 12.1 Å². The smallest absolute Gasteiger partial charge is 0.115 e. The van der Waals surface area contributed by atoms with E-state index in [4.69, 9.17) is 11.5 Å².